The molecule has 1 aromatic carbocycles. The number of morpholine rings is 1. The van der Waals surface area contributed by atoms with Gasteiger partial charge < -0.3 is 14.7 Å². The molecule has 92 valence electrons. The molecule has 2 rings (SSSR count). The van der Waals surface area contributed by atoms with Crippen LogP contribution in [0, 0.1) is 0 Å². The number of ether oxygens (including phenoxy) is 1. The maximum absolute atomic E-state index is 11.7. The van der Waals surface area contributed by atoms with Gasteiger partial charge in [-0.3, -0.25) is 4.79 Å². The molecule has 1 aliphatic rings. The van der Waals surface area contributed by atoms with E-state index in [0.717, 1.165) is 10.0 Å². The molecule has 0 aromatic heterocycles. The molecule has 1 saturated heterocycles. The summed E-state index contributed by atoms with van der Waals surface area (Å²) in [5.41, 5.74) is 1.04. The van der Waals surface area contributed by atoms with Gasteiger partial charge in [-0.15, -0.1) is 0 Å². The number of nitrogens with zero attached hydrogens (tertiary/aromatic N) is 1. The number of aliphatic hydroxyl groups excluding tert-OH is 1. The van der Waals surface area contributed by atoms with Crippen molar-refractivity contribution < 1.29 is 14.6 Å². The van der Waals surface area contributed by atoms with Gasteiger partial charge in [0.15, 0.2) is 0 Å². The van der Waals surface area contributed by atoms with Crippen LogP contribution in [0.2, 0.25) is 0 Å². The Morgan fingerprint density at radius 1 is 1.41 bits per heavy atom. The van der Waals surface area contributed by atoms with E-state index in [4.69, 9.17) is 4.74 Å². The summed E-state index contributed by atoms with van der Waals surface area (Å²) in [5, 5.41) is 9.22. The van der Waals surface area contributed by atoms with Crippen molar-refractivity contribution in [2.45, 2.75) is 12.6 Å². The van der Waals surface area contributed by atoms with Gasteiger partial charge in [0.2, 0.25) is 5.91 Å². The first-order valence-electron chi connectivity index (χ1n) is 5.43. The number of carbonyl (C=O) groups is 1. The zero-order chi connectivity index (χ0) is 12.3. The highest BCUT2D eigenvalue weighted by atomic mass is 79.9. The average molecular weight is 300 g/mol. The summed E-state index contributed by atoms with van der Waals surface area (Å²) < 4.78 is 6.12. The number of hydrogen-bond donors (Lipinski definition) is 1. The molecule has 1 N–H and O–H groups in total. The van der Waals surface area contributed by atoms with Gasteiger partial charge >= 0.3 is 0 Å². The van der Waals surface area contributed by atoms with Crippen LogP contribution >= 0.6 is 15.9 Å². The number of aliphatic hydroxyl groups is 1. The van der Waals surface area contributed by atoms with Crippen molar-refractivity contribution in [3.05, 3.63) is 34.3 Å². The number of hydrogen-bond acceptors (Lipinski definition) is 3. The van der Waals surface area contributed by atoms with Gasteiger partial charge in [0, 0.05) is 11.0 Å². The van der Waals surface area contributed by atoms with Gasteiger partial charge in [-0.1, -0.05) is 28.1 Å². The SMILES string of the molecule is O=C1COCC(CO)N1Cc1ccc(Br)cc1. The van der Waals surface area contributed by atoms with Crippen LogP contribution in [0.5, 0.6) is 0 Å². The van der Waals surface area contributed by atoms with E-state index in [0.29, 0.717) is 13.2 Å². The molecule has 0 saturated carbocycles. The second kappa shape index (κ2) is 5.62. The third-order valence-electron chi connectivity index (χ3n) is 2.77. The van der Waals surface area contributed by atoms with E-state index in [9.17, 15) is 9.90 Å². The van der Waals surface area contributed by atoms with Crippen LogP contribution < -0.4 is 0 Å². The number of benzene rings is 1. The van der Waals surface area contributed by atoms with Crippen molar-refractivity contribution in [2.75, 3.05) is 19.8 Å². The topological polar surface area (TPSA) is 49.8 Å². The zero-order valence-corrected chi connectivity index (χ0v) is 10.9. The number of amides is 1. The molecule has 1 aliphatic heterocycles. The van der Waals surface area contributed by atoms with Gasteiger partial charge in [-0.2, -0.15) is 0 Å². The Hall–Kier alpha value is -0.910. The van der Waals surface area contributed by atoms with E-state index in [1.54, 1.807) is 4.90 Å². The van der Waals surface area contributed by atoms with Gasteiger partial charge in [0.05, 0.1) is 19.3 Å². The Bertz CT molecular complexity index is 393. The molecule has 1 heterocycles. The highest BCUT2D eigenvalue weighted by molar-refractivity contribution is 9.10. The van der Waals surface area contributed by atoms with Gasteiger partial charge in [-0.05, 0) is 17.7 Å². The molecule has 1 unspecified atom stereocenters. The number of carbonyl (C=O) groups excluding carboxylic acids is 1. The summed E-state index contributed by atoms with van der Waals surface area (Å²) in [6.07, 6.45) is 0. The van der Waals surface area contributed by atoms with Crippen LogP contribution in [-0.2, 0) is 16.1 Å². The Morgan fingerprint density at radius 3 is 2.76 bits per heavy atom. The van der Waals surface area contributed by atoms with Crippen LogP contribution in [0.4, 0.5) is 0 Å². The van der Waals surface area contributed by atoms with E-state index in [1.165, 1.54) is 0 Å². The zero-order valence-electron chi connectivity index (χ0n) is 9.30. The van der Waals surface area contributed by atoms with Crippen molar-refractivity contribution in [3.63, 3.8) is 0 Å². The predicted molar refractivity (Wildman–Crippen MR) is 66.4 cm³/mol. The summed E-state index contributed by atoms with van der Waals surface area (Å²) in [5.74, 6) is -0.0711. The first-order valence-corrected chi connectivity index (χ1v) is 6.22. The van der Waals surface area contributed by atoms with Crippen molar-refractivity contribution in [3.8, 4) is 0 Å². The highest BCUT2D eigenvalue weighted by Crippen LogP contribution is 2.15. The molecule has 1 atom stereocenters. The first kappa shape index (κ1) is 12.5. The van der Waals surface area contributed by atoms with Crippen molar-refractivity contribution in [2.24, 2.45) is 0 Å². The smallest absolute Gasteiger partial charge is 0.249 e. The van der Waals surface area contributed by atoms with Crippen LogP contribution in [0.25, 0.3) is 0 Å². The second-order valence-electron chi connectivity index (χ2n) is 4.00. The summed E-state index contributed by atoms with van der Waals surface area (Å²) in [7, 11) is 0. The van der Waals surface area contributed by atoms with E-state index >= 15 is 0 Å². The standard InChI is InChI=1S/C12H14BrNO3/c13-10-3-1-9(2-4-10)5-14-11(6-15)7-17-8-12(14)16/h1-4,11,15H,5-8H2. The largest absolute Gasteiger partial charge is 0.394 e. The Balaban J connectivity index is 2.09. The minimum absolute atomic E-state index is 0.0672. The number of halogens is 1. The van der Waals surface area contributed by atoms with Gasteiger partial charge in [0.1, 0.15) is 6.61 Å². The molecule has 0 aliphatic carbocycles. The fourth-order valence-corrected chi connectivity index (χ4v) is 2.08. The van der Waals surface area contributed by atoms with Crippen molar-refractivity contribution >= 4 is 21.8 Å². The van der Waals surface area contributed by atoms with Crippen LogP contribution in [0.1, 0.15) is 5.56 Å². The minimum atomic E-state index is -0.236. The Kier molecular flexibility index (Phi) is 4.15. The molecular formula is C12H14BrNO3. The summed E-state index contributed by atoms with van der Waals surface area (Å²) in [6, 6.07) is 7.56. The van der Waals surface area contributed by atoms with E-state index in [-0.39, 0.29) is 25.2 Å². The lowest BCUT2D eigenvalue weighted by molar-refractivity contribution is -0.151. The van der Waals surface area contributed by atoms with Crippen molar-refractivity contribution in [1.82, 2.24) is 4.90 Å². The molecule has 0 radical (unpaired) electrons. The number of rotatable bonds is 3. The third kappa shape index (κ3) is 3.06. The van der Waals surface area contributed by atoms with Crippen LogP contribution in [0.15, 0.2) is 28.7 Å². The Labute approximate surface area is 108 Å². The van der Waals surface area contributed by atoms with E-state index < -0.39 is 0 Å². The molecule has 4 nitrogen and oxygen atoms in total. The van der Waals surface area contributed by atoms with Crippen molar-refractivity contribution in [1.29, 1.82) is 0 Å². The van der Waals surface area contributed by atoms with Gasteiger partial charge in [0.25, 0.3) is 0 Å². The van der Waals surface area contributed by atoms with Gasteiger partial charge in [-0.25, -0.2) is 0 Å². The lowest BCUT2D eigenvalue weighted by Crippen LogP contribution is -2.50. The normalized spacial score (nSPS) is 20.7. The predicted octanol–water partition coefficient (Wildman–Crippen LogP) is 1.17. The highest BCUT2D eigenvalue weighted by Gasteiger charge is 2.27. The van der Waals surface area contributed by atoms with Crippen LogP contribution in [-0.4, -0.2) is 41.8 Å². The fourth-order valence-electron chi connectivity index (χ4n) is 1.81. The van der Waals surface area contributed by atoms with E-state index in [2.05, 4.69) is 15.9 Å². The summed E-state index contributed by atoms with van der Waals surface area (Å²) in [4.78, 5) is 13.4. The first-order chi connectivity index (χ1) is 8.20. The van der Waals surface area contributed by atoms with Crippen LogP contribution in [0.3, 0.4) is 0 Å². The molecule has 1 aromatic rings. The molecule has 0 spiro atoms. The summed E-state index contributed by atoms with van der Waals surface area (Å²) >= 11 is 3.37. The average Bonchev–Trinajstić information content (AvgIpc) is 2.34. The monoisotopic (exact) mass is 299 g/mol. The maximum Gasteiger partial charge on any atom is 0.249 e. The molecule has 17 heavy (non-hydrogen) atoms. The summed E-state index contributed by atoms with van der Waals surface area (Å²) in [6.45, 7) is 0.953. The molecule has 0 bridgehead atoms. The quantitative estimate of drug-likeness (QED) is 0.911. The third-order valence-corrected chi connectivity index (χ3v) is 3.30. The Morgan fingerprint density at radius 2 is 2.12 bits per heavy atom. The fraction of sp³-hybridized carbons (Fsp3) is 0.417. The molecular weight excluding hydrogens is 286 g/mol. The molecule has 5 heteroatoms. The molecule has 1 fully saturated rings. The maximum atomic E-state index is 11.7. The lowest BCUT2D eigenvalue weighted by atomic mass is 10.1. The minimum Gasteiger partial charge on any atom is -0.394 e. The lowest BCUT2D eigenvalue weighted by Gasteiger charge is -2.34. The molecule has 1 amide bonds. The van der Waals surface area contributed by atoms with E-state index in [1.807, 2.05) is 24.3 Å². The second-order valence-corrected chi connectivity index (χ2v) is 4.92.